The number of carbonyl (C=O) groups is 1. The first-order valence-corrected chi connectivity index (χ1v) is 6.72. The highest BCUT2D eigenvalue weighted by molar-refractivity contribution is 5.88. The van der Waals surface area contributed by atoms with Gasteiger partial charge in [-0.05, 0) is 61.2 Å². The molecule has 0 atom stereocenters. The predicted octanol–water partition coefficient (Wildman–Crippen LogP) is 4.06. The molecule has 2 rings (SSSR count). The van der Waals surface area contributed by atoms with Crippen molar-refractivity contribution >= 4 is 11.7 Å². The fraction of sp³-hybridized carbons (Fsp3) is 0.235. The molecule has 4 heteroatoms. The minimum atomic E-state index is -0.936. The molecule has 0 radical (unpaired) electrons. The summed E-state index contributed by atoms with van der Waals surface area (Å²) in [7, 11) is 0. The summed E-state index contributed by atoms with van der Waals surface area (Å²) in [6.45, 7) is 5.92. The second kappa shape index (κ2) is 5.95. The lowest BCUT2D eigenvalue weighted by Crippen LogP contribution is -2.04. The quantitative estimate of drug-likeness (QED) is 0.891. The van der Waals surface area contributed by atoms with Gasteiger partial charge < -0.3 is 10.4 Å². The van der Waals surface area contributed by atoms with E-state index in [1.165, 1.54) is 0 Å². The molecule has 0 fully saturated rings. The molecule has 2 aromatic rings. The minimum Gasteiger partial charge on any atom is -0.478 e. The van der Waals surface area contributed by atoms with Gasteiger partial charge in [-0.25, -0.2) is 9.18 Å². The van der Waals surface area contributed by atoms with Crippen LogP contribution in [0.25, 0.3) is 0 Å². The Kier molecular flexibility index (Phi) is 4.26. The van der Waals surface area contributed by atoms with Crippen molar-refractivity contribution < 1.29 is 14.3 Å². The number of hydrogen-bond acceptors (Lipinski definition) is 2. The molecule has 0 aromatic heterocycles. The van der Waals surface area contributed by atoms with Crippen LogP contribution in [0.2, 0.25) is 0 Å². The third-order valence-corrected chi connectivity index (χ3v) is 3.45. The summed E-state index contributed by atoms with van der Waals surface area (Å²) in [5.74, 6) is -1.10. The van der Waals surface area contributed by atoms with Crippen LogP contribution in [0.5, 0.6) is 0 Å². The van der Waals surface area contributed by atoms with Gasteiger partial charge in [-0.3, -0.25) is 0 Å². The molecule has 0 aliphatic carbocycles. The number of halogens is 1. The van der Waals surface area contributed by atoms with Gasteiger partial charge in [0.05, 0.1) is 5.56 Å². The minimum absolute atomic E-state index is 0.166. The molecule has 0 amide bonds. The Labute approximate surface area is 123 Å². The summed E-state index contributed by atoms with van der Waals surface area (Å²) in [6, 6.07) is 8.58. The Bertz CT molecular complexity index is 672. The molecule has 0 aliphatic rings. The molecule has 21 heavy (non-hydrogen) atoms. The van der Waals surface area contributed by atoms with Crippen molar-refractivity contribution in [1.29, 1.82) is 0 Å². The van der Waals surface area contributed by atoms with Crippen molar-refractivity contribution in [3.05, 3.63) is 64.0 Å². The first kappa shape index (κ1) is 15.0. The van der Waals surface area contributed by atoms with Crippen LogP contribution >= 0.6 is 0 Å². The highest BCUT2D eigenvalue weighted by Gasteiger charge is 2.07. The number of nitrogens with one attached hydrogen (secondary N) is 1. The number of anilines is 1. The molecule has 3 nitrogen and oxygen atoms in total. The van der Waals surface area contributed by atoms with Crippen LogP contribution in [0.3, 0.4) is 0 Å². The van der Waals surface area contributed by atoms with Gasteiger partial charge in [-0.1, -0.05) is 12.1 Å². The zero-order valence-corrected chi connectivity index (χ0v) is 12.3. The standard InChI is InChI=1S/C17H18FNO2/c1-10-8-14(17(20)21)4-5-15(10)19-9-13-6-11(2)16(18)12(3)7-13/h4-8,19H,9H2,1-3H3,(H,20,21). The summed E-state index contributed by atoms with van der Waals surface area (Å²) in [5.41, 5.74) is 4.26. The third kappa shape index (κ3) is 3.40. The molecule has 2 N–H and O–H groups in total. The van der Waals surface area contributed by atoms with E-state index in [9.17, 15) is 9.18 Å². The van der Waals surface area contributed by atoms with Crippen LogP contribution in [-0.2, 0) is 6.54 Å². The van der Waals surface area contributed by atoms with Gasteiger partial charge in [0.25, 0.3) is 0 Å². The topological polar surface area (TPSA) is 49.3 Å². The zero-order valence-electron chi connectivity index (χ0n) is 12.3. The monoisotopic (exact) mass is 287 g/mol. The lowest BCUT2D eigenvalue weighted by molar-refractivity contribution is 0.0697. The number of benzene rings is 2. The molecule has 2 aromatic carbocycles. The second-order valence-electron chi connectivity index (χ2n) is 5.23. The van der Waals surface area contributed by atoms with Crippen molar-refractivity contribution in [3.63, 3.8) is 0 Å². The summed E-state index contributed by atoms with van der Waals surface area (Å²) in [6.07, 6.45) is 0. The van der Waals surface area contributed by atoms with Gasteiger partial charge in [0.1, 0.15) is 5.82 Å². The molecule has 110 valence electrons. The Morgan fingerprint density at radius 1 is 1.10 bits per heavy atom. The molecule has 0 aliphatic heterocycles. The lowest BCUT2D eigenvalue weighted by atomic mass is 10.1. The van der Waals surface area contributed by atoms with E-state index in [0.717, 1.165) is 16.8 Å². The maximum atomic E-state index is 13.6. The Morgan fingerprint density at radius 2 is 1.71 bits per heavy atom. The van der Waals surface area contributed by atoms with E-state index >= 15 is 0 Å². The van der Waals surface area contributed by atoms with Crippen molar-refractivity contribution in [3.8, 4) is 0 Å². The van der Waals surface area contributed by atoms with Gasteiger partial charge in [-0.2, -0.15) is 0 Å². The number of aryl methyl sites for hydroxylation is 3. The molecular formula is C17H18FNO2. The van der Waals surface area contributed by atoms with Crippen LogP contribution in [0, 0.1) is 26.6 Å². The van der Waals surface area contributed by atoms with Crippen molar-refractivity contribution in [2.75, 3.05) is 5.32 Å². The fourth-order valence-electron chi connectivity index (χ4n) is 2.33. The van der Waals surface area contributed by atoms with E-state index in [0.29, 0.717) is 17.7 Å². The van der Waals surface area contributed by atoms with Gasteiger partial charge in [0.2, 0.25) is 0 Å². The Hall–Kier alpha value is -2.36. The second-order valence-corrected chi connectivity index (χ2v) is 5.23. The average Bonchev–Trinajstić information content (AvgIpc) is 2.43. The van der Waals surface area contributed by atoms with Crippen molar-refractivity contribution in [2.45, 2.75) is 27.3 Å². The van der Waals surface area contributed by atoms with E-state index < -0.39 is 5.97 Å². The summed E-state index contributed by atoms with van der Waals surface area (Å²) < 4.78 is 13.6. The van der Waals surface area contributed by atoms with Gasteiger partial charge in [0, 0.05) is 12.2 Å². The smallest absolute Gasteiger partial charge is 0.335 e. The molecule has 0 unspecified atom stereocenters. The maximum absolute atomic E-state index is 13.6. The van der Waals surface area contributed by atoms with E-state index in [-0.39, 0.29) is 11.4 Å². The van der Waals surface area contributed by atoms with E-state index in [1.54, 1.807) is 32.0 Å². The van der Waals surface area contributed by atoms with E-state index in [2.05, 4.69) is 5.32 Å². The summed E-state index contributed by atoms with van der Waals surface area (Å²) >= 11 is 0. The van der Waals surface area contributed by atoms with Crippen LogP contribution in [0.15, 0.2) is 30.3 Å². The largest absolute Gasteiger partial charge is 0.478 e. The number of hydrogen-bond donors (Lipinski definition) is 2. The number of rotatable bonds is 4. The van der Waals surface area contributed by atoms with Crippen molar-refractivity contribution in [2.24, 2.45) is 0 Å². The van der Waals surface area contributed by atoms with Crippen LogP contribution in [0.4, 0.5) is 10.1 Å². The summed E-state index contributed by atoms with van der Waals surface area (Å²) in [5, 5.41) is 12.2. The van der Waals surface area contributed by atoms with Crippen LogP contribution < -0.4 is 5.32 Å². The highest BCUT2D eigenvalue weighted by atomic mass is 19.1. The highest BCUT2D eigenvalue weighted by Crippen LogP contribution is 2.19. The molecule has 0 saturated heterocycles. The molecule has 0 bridgehead atoms. The molecule has 0 spiro atoms. The number of carboxylic acids is 1. The Morgan fingerprint density at radius 3 is 2.24 bits per heavy atom. The predicted molar refractivity (Wildman–Crippen MR) is 81.3 cm³/mol. The van der Waals surface area contributed by atoms with Crippen LogP contribution in [0.1, 0.15) is 32.6 Å². The molecular weight excluding hydrogens is 269 g/mol. The maximum Gasteiger partial charge on any atom is 0.335 e. The number of aromatic carboxylic acids is 1. The van der Waals surface area contributed by atoms with Gasteiger partial charge in [0.15, 0.2) is 0 Å². The molecule has 0 saturated carbocycles. The van der Waals surface area contributed by atoms with E-state index in [4.69, 9.17) is 5.11 Å². The molecule has 0 heterocycles. The summed E-state index contributed by atoms with van der Waals surface area (Å²) in [4.78, 5) is 10.9. The first-order valence-electron chi connectivity index (χ1n) is 6.72. The average molecular weight is 287 g/mol. The zero-order chi connectivity index (χ0) is 15.6. The van der Waals surface area contributed by atoms with Crippen molar-refractivity contribution in [1.82, 2.24) is 0 Å². The van der Waals surface area contributed by atoms with Gasteiger partial charge in [-0.15, -0.1) is 0 Å². The lowest BCUT2D eigenvalue weighted by Gasteiger charge is -2.12. The van der Waals surface area contributed by atoms with E-state index in [1.807, 2.05) is 19.1 Å². The SMILES string of the molecule is Cc1cc(C(=O)O)ccc1NCc1cc(C)c(F)c(C)c1. The number of carboxylic acid groups (broad SMARTS) is 1. The Balaban J connectivity index is 2.15. The third-order valence-electron chi connectivity index (χ3n) is 3.45. The fourth-order valence-corrected chi connectivity index (χ4v) is 2.33. The van der Waals surface area contributed by atoms with Gasteiger partial charge >= 0.3 is 5.97 Å². The first-order chi connectivity index (χ1) is 9.88. The van der Waals surface area contributed by atoms with Crippen LogP contribution in [-0.4, -0.2) is 11.1 Å². The normalized spacial score (nSPS) is 10.5.